The molecule has 0 saturated heterocycles. The number of para-hydroxylation sites is 1. The third-order valence-electron chi connectivity index (χ3n) is 4.08. The Balaban J connectivity index is 2.15. The standard InChI is InChI=1S/C19H27N5O3S/c1-22(2)10-7-11-24-18(27)14-8-5-6-9-15(14)21-19(24)28-13-16(25)20-12-17(26)23(3)4/h5-6,8-9H,7,10-13H2,1-4H3,(H,20,25). The number of nitrogens with one attached hydrogen (secondary N) is 1. The van der Waals surface area contributed by atoms with Gasteiger partial charge in [0.2, 0.25) is 11.8 Å². The van der Waals surface area contributed by atoms with Gasteiger partial charge in [0, 0.05) is 20.6 Å². The summed E-state index contributed by atoms with van der Waals surface area (Å²) < 4.78 is 1.63. The van der Waals surface area contributed by atoms with Crippen molar-refractivity contribution in [3.8, 4) is 0 Å². The number of aromatic nitrogens is 2. The monoisotopic (exact) mass is 405 g/mol. The minimum atomic E-state index is -0.276. The Morgan fingerprint density at radius 1 is 1.18 bits per heavy atom. The van der Waals surface area contributed by atoms with Gasteiger partial charge in [-0.05, 0) is 39.2 Å². The highest BCUT2D eigenvalue weighted by Gasteiger charge is 2.14. The van der Waals surface area contributed by atoms with E-state index in [1.165, 1.54) is 16.7 Å². The molecule has 1 aromatic carbocycles. The number of fused-ring (bicyclic) bond motifs is 1. The molecule has 8 nitrogen and oxygen atoms in total. The molecule has 0 spiro atoms. The lowest BCUT2D eigenvalue weighted by molar-refractivity contribution is -0.130. The second-order valence-electron chi connectivity index (χ2n) is 6.88. The average Bonchev–Trinajstić information content (AvgIpc) is 2.66. The van der Waals surface area contributed by atoms with Crippen LogP contribution in [0.5, 0.6) is 0 Å². The first-order valence-electron chi connectivity index (χ1n) is 9.03. The highest BCUT2D eigenvalue weighted by molar-refractivity contribution is 7.99. The van der Waals surface area contributed by atoms with E-state index in [1.54, 1.807) is 30.8 Å². The molecule has 1 heterocycles. The first-order valence-corrected chi connectivity index (χ1v) is 10.0. The number of hydrogen-bond donors (Lipinski definition) is 1. The summed E-state index contributed by atoms with van der Waals surface area (Å²) in [5.41, 5.74) is 0.511. The molecule has 2 aromatic rings. The fourth-order valence-corrected chi connectivity index (χ4v) is 3.37. The summed E-state index contributed by atoms with van der Waals surface area (Å²) in [4.78, 5) is 44.6. The topological polar surface area (TPSA) is 87.5 Å². The Morgan fingerprint density at radius 2 is 1.89 bits per heavy atom. The van der Waals surface area contributed by atoms with Gasteiger partial charge in [-0.15, -0.1) is 0 Å². The maximum atomic E-state index is 12.9. The zero-order valence-corrected chi connectivity index (χ0v) is 17.6. The molecule has 0 bridgehead atoms. The van der Waals surface area contributed by atoms with E-state index in [9.17, 15) is 14.4 Å². The van der Waals surface area contributed by atoms with Crippen molar-refractivity contribution in [3.63, 3.8) is 0 Å². The van der Waals surface area contributed by atoms with Crippen molar-refractivity contribution < 1.29 is 9.59 Å². The van der Waals surface area contributed by atoms with Crippen molar-refractivity contribution in [1.82, 2.24) is 24.7 Å². The van der Waals surface area contributed by atoms with Gasteiger partial charge in [-0.3, -0.25) is 19.0 Å². The van der Waals surface area contributed by atoms with Gasteiger partial charge in [-0.2, -0.15) is 0 Å². The van der Waals surface area contributed by atoms with Crippen LogP contribution in [0.3, 0.4) is 0 Å². The number of nitrogens with zero attached hydrogens (tertiary/aromatic N) is 4. The predicted molar refractivity (Wildman–Crippen MR) is 112 cm³/mol. The molecule has 2 rings (SSSR count). The third kappa shape index (κ3) is 6.07. The second kappa shape index (κ2) is 10.2. The average molecular weight is 406 g/mol. The summed E-state index contributed by atoms with van der Waals surface area (Å²) in [5, 5.41) is 3.67. The van der Waals surface area contributed by atoms with E-state index in [1.807, 2.05) is 26.2 Å². The zero-order valence-electron chi connectivity index (χ0n) is 16.8. The largest absolute Gasteiger partial charge is 0.347 e. The molecule has 2 amide bonds. The molecule has 0 fully saturated rings. The lowest BCUT2D eigenvalue weighted by atomic mass is 10.2. The Labute approximate surface area is 168 Å². The fourth-order valence-electron chi connectivity index (χ4n) is 2.51. The van der Waals surface area contributed by atoms with Crippen LogP contribution >= 0.6 is 11.8 Å². The van der Waals surface area contributed by atoms with Gasteiger partial charge in [0.05, 0.1) is 23.2 Å². The predicted octanol–water partition coefficient (Wildman–Crippen LogP) is 0.645. The van der Waals surface area contributed by atoms with Gasteiger partial charge in [0.25, 0.3) is 5.56 Å². The third-order valence-corrected chi connectivity index (χ3v) is 5.06. The highest BCUT2D eigenvalue weighted by Crippen LogP contribution is 2.18. The van der Waals surface area contributed by atoms with Crippen molar-refractivity contribution in [1.29, 1.82) is 0 Å². The van der Waals surface area contributed by atoms with Crippen LogP contribution in [0.4, 0.5) is 0 Å². The lowest BCUT2D eigenvalue weighted by Gasteiger charge is -2.15. The summed E-state index contributed by atoms with van der Waals surface area (Å²) in [6, 6.07) is 7.21. The molecule has 0 aliphatic rings. The summed E-state index contributed by atoms with van der Waals surface area (Å²) in [7, 11) is 7.23. The van der Waals surface area contributed by atoms with Crippen LogP contribution in [0.25, 0.3) is 10.9 Å². The van der Waals surface area contributed by atoms with Gasteiger partial charge >= 0.3 is 0 Å². The Morgan fingerprint density at radius 3 is 2.57 bits per heavy atom. The van der Waals surface area contributed by atoms with Crippen LogP contribution in [0, 0.1) is 0 Å². The maximum Gasteiger partial charge on any atom is 0.262 e. The molecule has 1 aromatic heterocycles. The summed E-state index contributed by atoms with van der Waals surface area (Å²) in [6.07, 6.45) is 0.796. The van der Waals surface area contributed by atoms with Gasteiger partial charge < -0.3 is 15.1 Å². The smallest absolute Gasteiger partial charge is 0.262 e. The van der Waals surface area contributed by atoms with E-state index in [-0.39, 0.29) is 29.7 Å². The minimum Gasteiger partial charge on any atom is -0.347 e. The number of rotatable bonds is 9. The van der Waals surface area contributed by atoms with Crippen LogP contribution < -0.4 is 10.9 Å². The number of thioether (sulfide) groups is 1. The van der Waals surface area contributed by atoms with E-state index in [0.717, 1.165) is 13.0 Å². The molecule has 0 unspecified atom stereocenters. The Hall–Kier alpha value is -2.39. The molecule has 0 atom stereocenters. The molecule has 0 aliphatic heterocycles. The normalized spacial score (nSPS) is 11.0. The first kappa shape index (κ1) is 21.9. The van der Waals surface area contributed by atoms with E-state index in [0.29, 0.717) is 22.6 Å². The number of hydrogen-bond acceptors (Lipinski definition) is 6. The number of carbonyl (C=O) groups is 2. The maximum absolute atomic E-state index is 12.9. The summed E-state index contributed by atoms with van der Waals surface area (Å²) in [5.74, 6) is -0.371. The van der Waals surface area contributed by atoms with Crippen LogP contribution in [0.15, 0.2) is 34.2 Å². The van der Waals surface area contributed by atoms with Crippen LogP contribution in [0.2, 0.25) is 0 Å². The number of benzene rings is 1. The quantitative estimate of drug-likeness (QED) is 0.487. The number of carbonyl (C=O) groups excluding carboxylic acids is 2. The number of amides is 2. The molecule has 28 heavy (non-hydrogen) atoms. The minimum absolute atomic E-state index is 0.0484. The molecule has 1 N–H and O–H groups in total. The van der Waals surface area contributed by atoms with E-state index in [2.05, 4.69) is 15.2 Å². The van der Waals surface area contributed by atoms with E-state index >= 15 is 0 Å². The van der Waals surface area contributed by atoms with Crippen LogP contribution in [0.1, 0.15) is 6.42 Å². The van der Waals surface area contributed by atoms with Crippen LogP contribution in [-0.2, 0) is 16.1 Å². The van der Waals surface area contributed by atoms with Gasteiger partial charge in [0.1, 0.15) is 0 Å². The number of likely N-dealkylation sites (N-methyl/N-ethyl adjacent to an activating group) is 1. The molecule has 0 aliphatic carbocycles. The first-order chi connectivity index (χ1) is 13.3. The Kier molecular flexibility index (Phi) is 8.01. The summed E-state index contributed by atoms with van der Waals surface area (Å²) >= 11 is 1.20. The van der Waals surface area contributed by atoms with Crippen molar-refractivity contribution in [2.24, 2.45) is 0 Å². The van der Waals surface area contributed by atoms with Gasteiger partial charge in [-0.25, -0.2) is 4.98 Å². The van der Waals surface area contributed by atoms with E-state index < -0.39 is 0 Å². The van der Waals surface area contributed by atoms with E-state index in [4.69, 9.17) is 0 Å². The Bertz CT molecular complexity index is 895. The van der Waals surface area contributed by atoms with Crippen molar-refractivity contribution >= 4 is 34.5 Å². The summed E-state index contributed by atoms with van der Waals surface area (Å²) in [6.45, 7) is 1.32. The molecule has 9 heteroatoms. The van der Waals surface area contributed by atoms with Crippen molar-refractivity contribution in [2.45, 2.75) is 18.1 Å². The molecule has 152 valence electrons. The zero-order chi connectivity index (χ0) is 20.7. The molecule has 0 saturated carbocycles. The highest BCUT2D eigenvalue weighted by atomic mass is 32.2. The van der Waals surface area contributed by atoms with Gasteiger partial charge in [0.15, 0.2) is 5.16 Å². The fraction of sp³-hybridized carbons (Fsp3) is 0.474. The van der Waals surface area contributed by atoms with Crippen molar-refractivity contribution in [2.75, 3.05) is 47.0 Å². The lowest BCUT2D eigenvalue weighted by Crippen LogP contribution is -2.37. The second-order valence-corrected chi connectivity index (χ2v) is 7.82. The SMILES string of the molecule is CN(C)CCCn1c(SCC(=O)NCC(=O)N(C)C)nc2ccccc2c1=O. The van der Waals surface area contributed by atoms with Crippen molar-refractivity contribution in [3.05, 3.63) is 34.6 Å². The molecular formula is C19H27N5O3S. The molecule has 0 radical (unpaired) electrons. The molecular weight excluding hydrogens is 378 g/mol. The van der Waals surface area contributed by atoms with Gasteiger partial charge in [-0.1, -0.05) is 23.9 Å². The van der Waals surface area contributed by atoms with Crippen LogP contribution in [-0.4, -0.2) is 78.2 Å².